The molecule has 0 aliphatic carbocycles. The molecule has 1 aromatic carbocycles. The average molecular weight is 429 g/mol. The number of ether oxygens (including phenoxy) is 1. The zero-order valence-electron chi connectivity index (χ0n) is 14.2. The van der Waals surface area contributed by atoms with Gasteiger partial charge in [-0.3, -0.25) is 0 Å². The number of fused-ring (bicyclic) bond motifs is 1. The molecule has 0 radical (unpaired) electrons. The van der Waals surface area contributed by atoms with Crippen molar-refractivity contribution >= 4 is 27.7 Å². The van der Waals surface area contributed by atoms with E-state index in [0.717, 1.165) is 10.0 Å². The van der Waals surface area contributed by atoms with Gasteiger partial charge in [-0.1, -0.05) is 40.1 Å². The molecule has 4 aromatic rings. The lowest BCUT2D eigenvalue weighted by Crippen LogP contribution is -2.13. The zero-order valence-corrected chi connectivity index (χ0v) is 15.8. The Kier molecular flexibility index (Phi) is 4.63. The summed E-state index contributed by atoms with van der Waals surface area (Å²) in [6.45, 7) is 1.77. The molecule has 0 bridgehead atoms. The lowest BCUT2D eigenvalue weighted by molar-refractivity contribution is 0.0427. The van der Waals surface area contributed by atoms with Crippen molar-refractivity contribution in [3.05, 3.63) is 58.4 Å². The predicted octanol–water partition coefficient (Wildman–Crippen LogP) is 2.86. The molecule has 10 heteroatoms. The molecule has 4 rings (SSSR count). The zero-order chi connectivity index (χ0) is 18.8. The van der Waals surface area contributed by atoms with Gasteiger partial charge in [-0.05, 0) is 18.6 Å². The van der Waals surface area contributed by atoms with Gasteiger partial charge < -0.3 is 9.26 Å². The summed E-state index contributed by atoms with van der Waals surface area (Å²) in [7, 11) is 0. The Morgan fingerprint density at radius 3 is 3.04 bits per heavy atom. The molecule has 136 valence electrons. The number of hydrogen-bond acceptors (Lipinski definition) is 8. The van der Waals surface area contributed by atoms with Crippen LogP contribution in [0.1, 0.15) is 28.9 Å². The van der Waals surface area contributed by atoms with E-state index in [1.54, 1.807) is 0 Å². The van der Waals surface area contributed by atoms with E-state index in [1.165, 1.54) is 17.0 Å². The molecule has 0 spiro atoms. The van der Waals surface area contributed by atoms with Crippen molar-refractivity contribution < 1.29 is 14.1 Å². The Morgan fingerprint density at radius 1 is 1.33 bits per heavy atom. The van der Waals surface area contributed by atoms with Gasteiger partial charge in [0.1, 0.15) is 6.33 Å². The number of esters is 1. The summed E-state index contributed by atoms with van der Waals surface area (Å²) in [5.41, 5.74) is 1.78. The van der Waals surface area contributed by atoms with Gasteiger partial charge in [0.2, 0.25) is 5.82 Å². The van der Waals surface area contributed by atoms with E-state index in [4.69, 9.17) is 9.26 Å². The van der Waals surface area contributed by atoms with Crippen LogP contribution in [0.5, 0.6) is 0 Å². The first-order chi connectivity index (χ1) is 13.2. The van der Waals surface area contributed by atoms with Crippen LogP contribution in [0, 0.1) is 0 Å². The number of carbonyl (C=O) groups is 1. The van der Waals surface area contributed by atoms with Gasteiger partial charge in [0.25, 0.3) is 11.7 Å². The topological polar surface area (TPSA) is 108 Å². The van der Waals surface area contributed by atoms with E-state index in [9.17, 15) is 4.79 Å². The third-order valence-corrected chi connectivity index (χ3v) is 4.33. The van der Waals surface area contributed by atoms with Crippen LogP contribution in [0.3, 0.4) is 0 Å². The molecule has 0 unspecified atom stereocenters. The molecule has 0 amide bonds. The highest BCUT2D eigenvalue weighted by Crippen LogP contribution is 2.20. The number of aromatic nitrogens is 6. The van der Waals surface area contributed by atoms with Crippen molar-refractivity contribution in [3.8, 4) is 11.4 Å². The van der Waals surface area contributed by atoms with E-state index < -0.39 is 5.97 Å². The van der Waals surface area contributed by atoms with Gasteiger partial charge in [-0.2, -0.15) is 15.1 Å². The second kappa shape index (κ2) is 7.23. The van der Waals surface area contributed by atoms with E-state index in [1.807, 2.05) is 31.2 Å². The Labute approximate surface area is 161 Å². The van der Waals surface area contributed by atoms with E-state index in [-0.39, 0.29) is 12.5 Å². The Balaban J connectivity index is 1.50. The molecule has 0 fully saturated rings. The lowest BCUT2D eigenvalue weighted by Gasteiger charge is -2.07. The van der Waals surface area contributed by atoms with Crippen LogP contribution in [-0.2, 0) is 17.8 Å². The van der Waals surface area contributed by atoms with Crippen LogP contribution in [0.2, 0.25) is 0 Å². The molecule has 9 nitrogen and oxygen atoms in total. The first-order valence-corrected chi connectivity index (χ1v) is 8.88. The van der Waals surface area contributed by atoms with Crippen LogP contribution >= 0.6 is 15.9 Å². The van der Waals surface area contributed by atoms with Crippen LogP contribution < -0.4 is 0 Å². The highest BCUT2D eigenvalue weighted by Gasteiger charge is 2.18. The number of hydrogen-bond donors (Lipinski definition) is 0. The fourth-order valence-electron chi connectivity index (χ4n) is 2.60. The second-order valence-corrected chi connectivity index (χ2v) is 6.46. The monoisotopic (exact) mass is 428 g/mol. The summed E-state index contributed by atoms with van der Waals surface area (Å²) in [5, 5.41) is 8.00. The number of halogens is 1. The summed E-state index contributed by atoms with van der Waals surface area (Å²) in [5.74, 6) is 0.506. The number of nitrogens with zero attached hydrogens (tertiary/aromatic N) is 6. The van der Waals surface area contributed by atoms with Crippen molar-refractivity contribution in [1.82, 2.24) is 29.7 Å². The maximum Gasteiger partial charge on any atom is 0.342 e. The summed E-state index contributed by atoms with van der Waals surface area (Å²) in [4.78, 5) is 24.8. The fourth-order valence-corrected chi connectivity index (χ4v) is 3.00. The molecule has 0 N–H and O–H groups in total. The average Bonchev–Trinajstić information content (AvgIpc) is 3.34. The maximum absolute atomic E-state index is 12.5. The minimum Gasteiger partial charge on any atom is -0.452 e. The van der Waals surface area contributed by atoms with Gasteiger partial charge in [-0.25, -0.2) is 14.3 Å². The van der Waals surface area contributed by atoms with Gasteiger partial charge in [0.05, 0.1) is 11.3 Å². The highest BCUT2D eigenvalue weighted by molar-refractivity contribution is 9.10. The molecule has 27 heavy (non-hydrogen) atoms. The van der Waals surface area contributed by atoms with Gasteiger partial charge in [-0.15, -0.1) is 0 Å². The number of rotatable bonds is 5. The van der Waals surface area contributed by atoms with Gasteiger partial charge in [0.15, 0.2) is 6.61 Å². The highest BCUT2D eigenvalue weighted by atomic mass is 79.9. The van der Waals surface area contributed by atoms with Gasteiger partial charge in [0, 0.05) is 16.2 Å². The van der Waals surface area contributed by atoms with Crippen molar-refractivity contribution in [2.45, 2.75) is 20.0 Å². The van der Waals surface area contributed by atoms with Crippen LogP contribution in [-0.4, -0.2) is 35.7 Å². The molecule has 0 saturated heterocycles. The third-order valence-electron chi connectivity index (χ3n) is 3.84. The Morgan fingerprint density at radius 2 is 2.22 bits per heavy atom. The number of aryl methyl sites for hydroxylation is 1. The fraction of sp³-hybridized carbons (Fsp3) is 0.176. The predicted molar refractivity (Wildman–Crippen MR) is 96.7 cm³/mol. The molecular formula is C17H13BrN6O3. The summed E-state index contributed by atoms with van der Waals surface area (Å²) >= 11 is 3.40. The van der Waals surface area contributed by atoms with E-state index >= 15 is 0 Å². The van der Waals surface area contributed by atoms with Gasteiger partial charge >= 0.3 is 5.97 Å². The largest absolute Gasteiger partial charge is 0.452 e. The van der Waals surface area contributed by atoms with Crippen molar-refractivity contribution in [2.24, 2.45) is 0 Å². The normalized spacial score (nSPS) is 11.0. The van der Waals surface area contributed by atoms with E-state index in [0.29, 0.717) is 29.3 Å². The molecule has 3 aromatic heterocycles. The number of benzene rings is 1. The van der Waals surface area contributed by atoms with Crippen molar-refractivity contribution in [3.63, 3.8) is 0 Å². The molecular weight excluding hydrogens is 416 g/mol. The van der Waals surface area contributed by atoms with Crippen LogP contribution in [0.25, 0.3) is 17.2 Å². The summed E-state index contributed by atoms with van der Waals surface area (Å²) in [6, 6.07) is 7.50. The van der Waals surface area contributed by atoms with Crippen molar-refractivity contribution in [2.75, 3.05) is 0 Å². The first-order valence-electron chi connectivity index (χ1n) is 8.09. The first kappa shape index (κ1) is 17.3. The quantitative estimate of drug-likeness (QED) is 0.446. The van der Waals surface area contributed by atoms with Crippen LogP contribution in [0.4, 0.5) is 0 Å². The maximum atomic E-state index is 12.5. The smallest absolute Gasteiger partial charge is 0.342 e. The van der Waals surface area contributed by atoms with Crippen molar-refractivity contribution in [1.29, 1.82) is 0 Å². The molecule has 0 saturated carbocycles. The summed E-state index contributed by atoms with van der Waals surface area (Å²) < 4.78 is 12.9. The second-order valence-electron chi connectivity index (χ2n) is 5.54. The minimum absolute atomic E-state index is 0.140. The minimum atomic E-state index is -0.543. The lowest BCUT2D eigenvalue weighted by atomic mass is 10.2. The van der Waals surface area contributed by atoms with E-state index in [2.05, 4.69) is 41.1 Å². The molecule has 0 aliphatic heterocycles. The molecule has 0 atom stereocenters. The Hall–Kier alpha value is -3.14. The van der Waals surface area contributed by atoms with Crippen LogP contribution in [0.15, 0.2) is 45.8 Å². The molecule has 0 aliphatic rings. The third kappa shape index (κ3) is 3.43. The number of carbonyl (C=O) groups excluding carboxylic acids is 1. The SMILES string of the molecule is CCc1c(C(=O)OCc2nc(-c3cccc(Br)c3)no2)cnc2ncnn12. The standard InChI is InChI=1S/C17H13BrN6O3/c1-2-13-12(7-19-17-20-9-21-24(13)17)16(25)26-8-14-22-15(23-27-14)10-4-3-5-11(18)6-10/h3-7,9H,2,8H2,1H3. The summed E-state index contributed by atoms with van der Waals surface area (Å²) in [6.07, 6.45) is 3.39. The Bertz CT molecular complexity index is 1120. The molecule has 3 heterocycles.